The third-order valence-electron chi connectivity index (χ3n) is 3.86. The molecule has 1 N–H and O–H groups in total. The molecule has 1 fully saturated rings. The molecule has 0 saturated heterocycles. The van der Waals surface area contributed by atoms with Crippen molar-refractivity contribution >= 4 is 0 Å². The summed E-state index contributed by atoms with van der Waals surface area (Å²) in [7, 11) is 0. The normalized spacial score (nSPS) is 20.0. The number of hydrogen-bond donors (Lipinski definition) is 1. The predicted octanol–water partition coefficient (Wildman–Crippen LogP) is 2.50. The van der Waals surface area contributed by atoms with E-state index in [1.54, 1.807) is 0 Å². The van der Waals surface area contributed by atoms with Crippen LogP contribution in [-0.2, 0) is 0 Å². The zero-order chi connectivity index (χ0) is 11.1. The highest BCUT2D eigenvalue weighted by Gasteiger charge is 2.27. The van der Waals surface area contributed by atoms with Crippen molar-refractivity contribution in [3.63, 3.8) is 0 Å². The van der Waals surface area contributed by atoms with Crippen LogP contribution >= 0.6 is 0 Å². The number of likely N-dealkylation sites (N-methyl/N-ethyl adjacent to an activating group) is 1. The van der Waals surface area contributed by atoms with Crippen molar-refractivity contribution in [2.24, 2.45) is 5.41 Å². The Labute approximate surface area is 95.4 Å². The second-order valence-electron chi connectivity index (χ2n) is 5.22. The molecule has 0 atom stereocenters. The molecule has 1 saturated carbocycles. The maximum absolute atomic E-state index is 3.63. The first-order valence-electron chi connectivity index (χ1n) is 6.63. The Kier molecular flexibility index (Phi) is 5.62. The molecule has 0 unspecified atom stereocenters. The summed E-state index contributed by atoms with van der Waals surface area (Å²) in [5, 5.41) is 3.63. The molecule has 2 nitrogen and oxygen atoms in total. The largest absolute Gasteiger partial charge is 0.315 e. The first-order valence-corrected chi connectivity index (χ1v) is 6.63. The van der Waals surface area contributed by atoms with Gasteiger partial charge in [0.15, 0.2) is 0 Å². The van der Waals surface area contributed by atoms with Gasteiger partial charge in [0.05, 0.1) is 0 Å². The molecule has 0 heterocycles. The van der Waals surface area contributed by atoms with Gasteiger partial charge in [-0.3, -0.25) is 0 Å². The van der Waals surface area contributed by atoms with E-state index < -0.39 is 0 Å². The summed E-state index contributed by atoms with van der Waals surface area (Å²) in [6.45, 7) is 12.8. The summed E-state index contributed by atoms with van der Waals surface area (Å²) in [6.07, 6.45) is 5.72. The quantitative estimate of drug-likeness (QED) is 0.652. The molecule has 0 amide bonds. The molecule has 0 aromatic carbocycles. The minimum Gasteiger partial charge on any atom is -0.315 e. The Morgan fingerprint density at radius 2 is 1.73 bits per heavy atom. The van der Waals surface area contributed by atoms with Crippen LogP contribution in [0.4, 0.5) is 0 Å². The van der Waals surface area contributed by atoms with Crippen LogP contribution in [0.2, 0.25) is 0 Å². The molecule has 0 aromatic heterocycles. The van der Waals surface area contributed by atoms with Crippen LogP contribution in [0.1, 0.15) is 46.5 Å². The van der Waals surface area contributed by atoms with Crippen LogP contribution in [0.5, 0.6) is 0 Å². The fourth-order valence-electron chi connectivity index (χ4n) is 2.57. The van der Waals surface area contributed by atoms with Gasteiger partial charge in [-0.15, -0.1) is 0 Å². The van der Waals surface area contributed by atoms with E-state index >= 15 is 0 Å². The van der Waals surface area contributed by atoms with Crippen LogP contribution in [-0.4, -0.2) is 37.6 Å². The number of rotatable bonds is 7. The molecule has 1 aliphatic carbocycles. The van der Waals surface area contributed by atoms with Crippen molar-refractivity contribution < 1.29 is 0 Å². The number of nitrogens with one attached hydrogen (secondary N) is 1. The highest BCUT2D eigenvalue weighted by molar-refractivity contribution is 4.82. The third-order valence-corrected chi connectivity index (χ3v) is 3.86. The second kappa shape index (κ2) is 6.49. The Hall–Kier alpha value is -0.0800. The average molecular weight is 212 g/mol. The van der Waals surface area contributed by atoms with Gasteiger partial charge < -0.3 is 10.2 Å². The smallest absolute Gasteiger partial charge is 0.0107 e. The van der Waals surface area contributed by atoms with E-state index in [-0.39, 0.29) is 0 Å². The molecule has 0 radical (unpaired) electrons. The number of nitrogens with zero attached hydrogens (tertiary/aromatic N) is 1. The van der Waals surface area contributed by atoms with E-state index in [2.05, 4.69) is 31.0 Å². The van der Waals surface area contributed by atoms with Gasteiger partial charge in [-0.2, -0.15) is 0 Å². The summed E-state index contributed by atoms with van der Waals surface area (Å²) < 4.78 is 0. The second-order valence-corrected chi connectivity index (χ2v) is 5.22. The topological polar surface area (TPSA) is 15.3 Å². The molecule has 2 heteroatoms. The Balaban J connectivity index is 2.05. The Morgan fingerprint density at radius 1 is 1.13 bits per heavy atom. The van der Waals surface area contributed by atoms with Crippen molar-refractivity contribution in [1.82, 2.24) is 10.2 Å². The van der Waals surface area contributed by atoms with Gasteiger partial charge in [0.2, 0.25) is 0 Å². The summed E-state index contributed by atoms with van der Waals surface area (Å²) >= 11 is 0. The lowest BCUT2D eigenvalue weighted by atomic mass is 9.89. The third kappa shape index (κ3) is 4.52. The average Bonchev–Trinajstić information content (AvgIpc) is 2.66. The monoisotopic (exact) mass is 212 g/mol. The lowest BCUT2D eigenvalue weighted by Gasteiger charge is -2.25. The Bertz CT molecular complexity index is 158. The van der Waals surface area contributed by atoms with E-state index in [4.69, 9.17) is 0 Å². The molecular formula is C13H28N2. The fraction of sp³-hybridized carbons (Fsp3) is 1.00. The van der Waals surface area contributed by atoms with Crippen LogP contribution in [0, 0.1) is 5.41 Å². The minimum atomic E-state index is 0.600. The first kappa shape index (κ1) is 13.0. The van der Waals surface area contributed by atoms with Crippen molar-refractivity contribution in [3.8, 4) is 0 Å². The molecule has 15 heavy (non-hydrogen) atoms. The van der Waals surface area contributed by atoms with E-state index in [9.17, 15) is 0 Å². The van der Waals surface area contributed by atoms with Gasteiger partial charge in [0, 0.05) is 19.6 Å². The molecule has 1 aliphatic rings. The van der Waals surface area contributed by atoms with Gasteiger partial charge in [-0.25, -0.2) is 0 Å². The maximum Gasteiger partial charge on any atom is 0.0107 e. The Morgan fingerprint density at radius 3 is 2.27 bits per heavy atom. The van der Waals surface area contributed by atoms with E-state index in [0.29, 0.717) is 5.41 Å². The molecule has 1 rings (SSSR count). The molecular weight excluding hydrogens is 184 g/mol. The molecule has 0 spiro atoms. The maximum atomic E-state index is 3.63. The van der Waals surface area contributed by atoms with Gasteiger partial charge in [0.1, 0.15) is 0 Å². The lowest BCUT2D eigenvalue weighted by Crippen LogP contribution is -2.36. The standard InChI is InChI=1S/C13H28N2/c1-4-15(5-2)11-10-14-12-13(3)8-6-7-9-13/h14H,4-12H2,1-3H3. The van der Waals surface area contributed by atoms with Crippen LogP contribution in [0.15, 0.2) is 0 Å². The van der Waals surface area contributed by atoms with Gasteiger partial charge in [-0.1, -0.05) is 33.6 Å². The van der Waals surface area contributed by atoms with Crippen LogP contribution in [0.3, 0.4) is 0 Å². The summed E-state index contributed by atoms with van der Waals surface area (Å²) in [6, 6.07) is 0. The zero-order valence-corrected chi connectivity index (χ0v) is 10.8. The van der Waals surface area contributed by atoms with Gasteiger partial charge in [-0.05, 0) is 31.3 Å². The van der Waals surface area contributed by atoms with Crippen molar-refractivity contribution in [3.05, 3.63) is 0 Å². The highest BCUT2D eigenvalue weighted by Crippen LogP contribution is 2.36. The van der Waals surface area contributed by atoms with E-state index in [1.165, 1.54) is 51.9 Å². The highest BCUT2D eigenvalue weighted by atomic mass is 15.1. The van der Waals surface area contributed by atoms with Gasteiger partial charge >= 0.3 is 0 Å². The molecule has 0 aromatic rings. The van der Waals surface area contributed by atoms with Crippen LogP contribution in [0.25, 0.3) is 0 Å². The van der Waals surface area contributed by atoms with Crippen molar-refractivity contribution in [2.45, 2.75) is 46.5 Å². The van der Waals surface area contributed by atoms with E-state index in [0.717, 1.165) is 6.54 Å². The lowest BCUT2D eigenvalue weighted by molar-refractivity contribution is 0.276. The summed E-state index contributed by atoms with van der Waals surface area (Å²) in [4.78, 5) is 2.48. The summed E-state index contributed by atoms with van der Waals surface area (Å²) in [5.41, 5.74) is 0.600. The van der Waals surface area contributed by atoms with Crippen molar-refractivity contribution in [1.29, 1.82) is 0 Å². The van der Waals surface area contributed by atoms with E-state index in [1.807, 2.05) is 0 Å². The first-order chi connectivity index (χ1) is 7.20. The molecule has 90 valence electrons. The SMILES string of the molecule is CCN(CC)CCNCC1(C)CCCC1. The predicted molar refractivity (Wildman–Crippen MR) is 67.2 cm³/mol. The summed E-state index contributed by atoms with van der Waals surface area (Å²) in [5.74, 6) is 0. The fourth-order valence-corrected chi connectivity index (χ4v) is 2.57. The molecule has 0 bridgehead atoms. The zero-order valence-electron chi connectivity index (χ0n) is 10.8. The minimum absolute atomic E-state index is 0.600. The number of hydrogen-bond acceptors (Lipinski definition) is 2. The molecule has 0 aliphatic heterocycles. The van der Waals surface area contributed by atoms with Crippen LogP contribution < -0.4 is 5.32 Å². The van der Waals surface area contributed by atoms with Gasteiger partial charge in [0.25, 0.3) is 0 Å². The van der Waals surface area contributed by atoms with Crippen molar-refractivity contribution in [2.75, 3.05) is 32.7 Å².